The number of nitro benzene ring substituents is 1. The number of hydrogen-bond donors (Lipinski definition) is 1. The number of carbonyl (C=O) groups is 2. The van der Waals surface area contributed by atoms with Crippen molar-refractivity contribution in [3.8, 4) is 11.5 Å². The third-order valence-corrected chi connectivity index (χ3v) is 5.18. The van der Waals surface area contributed by atoms with Crippen LogP contribution in [-0.4, -0.2) is 47.9 Å². The van der Waals surface area contributed by atoms with Gasteiger partial charge in [0.1, 0.15) is 11.8 Å². The predicted molar refractivity (Wildman–Crippen MR) is 124 cm³/mol. The van der Waals surface area contributed by atoms with Crippen LogP contribution in [0.2, 0.25) is 0 Å². The van der Waals surface area contributed by atoms with Crippen LogP contribution in [0.5, 0.6) is 11.5 Å². The first-order valence-electron chi connectivity index (χ1n) is 10.8. The first-order valence-corrected chi connectivity index (χ1v) is 10.8. The highest BCUT2D eigenvalue weighted by atomic mass is 16.6. The van der Waals surface area contributed by atoms with Gasteiger partial charge in [0.2, 0.25) is 11.7 Å². The van der Waals surface area contributed by atoms with Gasteiger partial charge in [-0.2, -0.15) is 0 Å². The summed E-state index contributed by atoms with van der Waals surface area (Å²) in [6, 6.07) is 11.0. The molecule has 1 atom stereocenters. The lowest BCUT2D eigenvalue weighted by Gasteiger charge is -2.28. The molecule has 0 aromatic heterocycles. The molecule has 2 rings (SSSR count). The van der Waals surface area contributed by atoms with Crippen molar-refractivity contribution in [2.45, 2.75) is 46.2 Å². The molecule has 9 heteroatoms. The molecule has 33 heavy (non-hydrogen) atoms. The van der Waals surface area contributed by atoms with Gasteiger partial charge < -0.3 is 19.7 Å². The van der Waals surface area contributed by atoms with E-state index in [0.717, 1.165) is 24.0 Å². The topological polar surface area (TPSA) is 111 Å². The summed E-state index contributed by atoms with van der Waals surface area (Å²) < 4.78 is 10.6. The maximum Gasteiger partial charge on any atom is 0.311 e. The molecule has 2 aromatic carbocycles. The lowest BCUT2D eigenvalue weighted by Crippen LogP contribution is -2.49. The van der Waals surface area contributed by atoms with E-state index >= 15 is 0 Å². The lowest BCUT2D eigenvalue weighted by atomic mass is 10.1. The molecule has 0 aliphatic heterocycles. The molecular weight excluding hydrogens is 426 g/mol. The molecule has 0 fully saturated rings. The number of nitrogens with one attached hydrogen (secondary N) is 1. The number of aryl methyl sites for hydroxylation is 1. The second-order valence-electron chi connectivity index (χ2n) is 7.71. The third kappa shape index (κ3) is 7.48. The van der Waals surface area contributed by atoms with Crippen LogP contribution in [0.25, 0.3) is 0 Å². The molecule has 0 aliphatic carbocycles. The summed E-state index contributed by atoms with van der Waals surface area (Å²) in [5, 5.41) is 13.9. The molecule has 0 aliphatic rings. The van der Waals surface area contributed by atoms with Gasteiger partial charge >= 0.3 is 5.69 Å². The number of methoxy groups -OCH3 is 1. The number of carbonyl (C=O) groups excluding carboxylic acids is 2. The van der Waals surface area contributed by atoms with Gasteiger partial charge in [-0.15, -0.1) is 0 Å². The van der Waals surface area contributed by atoms with Crippen LogP contribution in [0.3, 0.4) is 0 Å². The molecule has 1 unspecified atom stereocenters. The molecule has 0 saturated heterocycles. The number of nitro groups is 1. The smallest absolute Gasteiger partial charge is 0.311 e. The fraction of sp³-hybridized carbons (Fsp3) is 0.417. The average molecular weight is 458 g/mol. The van der Waals surface area contributed by atoms with Crippen molar-refractivity contribution in [2.24, 2.45) is 0 Å². The van der Waals surface area contributed by atoms with E-state index in [4.69, 9.17) is 9.47 Å². The second kappa shape index (κ2) is 12.4. The minimum Gasteiger partial charge on any atom is -0.490 e. The molecule has 0 saturated carbocycles. The number of ether oxygens (including phenoxy) is 2. The monoisotopic (exact) mass is 457 g/mol. The highest BCUT2D eigenvalue weighted by Crippen LogP contribution is 2.30. The molecular formula is C24H31N3O6. The molecule has 2 amide bonds. The van der Waals surface area contributed by atoms with Crippen LogP contribution in [0.15, 0.2) is 42.5 Å². The van der Waals surface area contributed by atoms with E-state index in [1.54, 1.807) is 6.92 Å². The molecule has 9 nitrogen and oxygen atoms in total. The van der Waals surface area contributed by atoms with E-state index in [1.165, 1.54) is 30.2 Å². The zero-order valence-electron chi connectivity index (χ0n) is 19.5. The summed E-state index contributed by atoms with van der Waals surface area (Å²) in [6.07, 6.45) is 1.81. The number of benzene rings is 2. The van der Waals surface area contributed by atoms with Gasteiger partial charge in [0.05, 0.1) is 12.0 Å². The van der Waals surface area contributed by atoms with E-state index in [0.29, 0.717) is 6.54 Å². The van der Waals surface area contributed by atoms with Crippen LogP contribution >= 0.6 is 0 Å². The third-order valence-electron chi connectivity index (χ3n) is 5.18. The summed E-state index contributed by atoms with van der Waals surface area (Å²) in [5.74, 6) is -0.335. The number of amides is 2. The number of hydrogen-bond acceptors (Lipinski definition) is 6. The Balaban J connectivity index is 2.15. The summed E-state index contributed by atoms with van der Waals surface area (Å²) in [7, 11) is 1.32. The first-order chi connectivity index (χ1) is 15.8. The number of unbranched alkanes of at least 4 members (excludes halogenated alkanes) is 1. The fourth-order valence-electron chi connectivity index (χ4n) is 3.14. The Hall–Kier alpha value is -3.62. The van der Waals surface area contributed by atoms with Crippen LogP contribution in [-0.2, 0) is 16.1 Å². The van der Waals surface area contributed by atoms with E-state index < -0.39 is 11.0 Å². The minimum atomic E-state index is -0.703. The Morgan fingerprint density at radius 3 is 2.48 bits per heavy atom. The van der Waals surface area contributed by atoms with Crippen molar-refractivity contribution in [3.63, 3.8) is 0 Å². The number of rotatable bonds is 12. The van der Waals surface area contributed by atoms with Crippen molar-refractivity contribution in [1.29, 1.82) is 0 Å². The van der Waals surface area contributed by atoms with Crippen molar-refractivity contribution in [1.82, 2.24) is 10.2 Å². The SMILES string of the molecule is CCCCNC(=O)C(C)N(Cc1ccc(C)cc1)C(=O)COc1ccc([N+](=O)[O-])c(OC)c1. The van der Waals surface area contributed by atoms with Gasteiger partial charge in [0, 0.05) is 25.2 Å². The largest absolute Gasteiger partial charge is 0.490 e. The van der Waals surface area contributed by atoms with Crippen molar-refractivity contribution < 1.29 is 24.0 Å². The van der Waals surface area contributed by atoms with Gasteiger partial charge in [-0.05, 0) is 31.9 Å². The van der Waals surface area contributed by atoms with Gasteiger partial charge in [-0.25, -0.2) is 0 Å². The molecule has 0 radical (unpaired) electrons. The highest BCUT2D eigenvalue weighted by molar-refractivity contribution is 5.88. The number of nitrogens with zero attached hydrogens (tertiary/aromatic N) is 2. The lowest BCUT2D eigenvalue weighted by molar-refractivity contribution is -0.385. The Bertz CT molecular complexity index is 961. The molecule has 1 N–H and O–H groups in total. The van der Waals surface area contributed by atoms with Crippen molar-refractivity contribution in [3.05, 3.63) is 63.7 Å². The normalized spacial score (nSPS) is 11.4. The van der Waals surface area contributed by atoms with Crippen molar-refractivity contribution >= 4 is 17.5 Å². The summed E-state index contributed by atoms with van der Waals surface area (Å²) in [5.41, 5.74) is 1.78. The second-order valence-corrected chi connectivity index (χ2v) is 7.71. The highest BCUT2D eigenvalue weighted by Gasteiger charge is 2.26. The maximum absolute atomic E-state index is 13.1. The van der Waals surface area contributed by atoms with Gasteiger partial charge in [-0.3, -0.25) is 19.7 Å². The van der Waals surface area contributed by atoms with Crippen LogP contribution < -0.4 is 14.8 Å². The van der Waals surface area contributed by atoms with Crippen LogP contribution in [0.4, 0.5) is 5.69 Å². The predicted octanol–water partition coefficient (Wildman–Crippen LogP) is 3.62. The average Bonchev–Trinajstić information content (AvgIpc) is 2.81. The van der Waals surface area contributed by atoms with E-state index in [2.05, 4.69) is 5.32 Å². The quantitative estimate of drug-likeness (QED) is 0.296. The van der Waals surface area contributed by atoms with Crippen molar-refractivity contribution in [2.75, 3.05) is 20.3 Å². The first kappa shape index (κ1) is 25.6. The Morgan fingerprint density at radius 2 is 1.88 bits per heavy atom. The summed E-state index contributed by atoms with van der Waals surface area (Å²) in [6.45, 7) is 6.15. The standard InChI is InChI=1S/C24H31N3O6/c1-5-6-13-25-24(29)18(3)26(15-19-9-7-17(2)8-10-19)23(28)16-33-20-11-12-21(27(30)31)22(14-20)32-4/h7-12,14,18H,5-6,13,15-16H2,1-4H3,(H,25,29). The Kier molecular flexibility index (Phi) is 9.65. The fourth-order valence-corrected chi connectivity index (χ4v) is 3.14. The molecule has 2 aromatic rings. The minimum absolute atomic E-state index is 0.0325. The van der Waals surface area contributed by atoms with Gasteiger partial charge in [0.15, 0.2) is 6.61 Å². The molecule has 0 spiro atoms. The van der Waals surface area contributed by atoms with E-state index in [-0.39, 0.29) is 42.2 Å². The Morgan fingerprint density at radius 1 is 1.18 bits per heavy atom. The van der Waals surface area contributed by atoms with Gasteiger partial charge in [0.25, 0.3) is 5.91 Å². The van der Waals surface area contributed by atoms with Crippen LogP contribution in [0, 0.1) is 17.0 Å². The zero-order chi connectivity index (χ0) is 24.4. The van der Waals surface area contributed by atoms with Crippen LogP contribution in [0.1, 0.15) is 37.8 Å². The van der Waals surface area contributed by atoms with E-state index in [1.807, 2.05) is 38.1 Å². The van der Waals surface area contributed by atoms with E-state index in [9.17, 15) is 19.7 Å². The summed E-state index contributed by atoms with van der Waals surface area (Å²) >= 11 is 0. The summed E-state index contributed by atoms with van der Waals surface area (Å²) in [4.78, 5) is 37.7. The van der Waals surface area contributed by atoms with Gasteiger partial charge in [-0.1, -0.05) is 43.2 Å². The Labute approximate surface area is 193 Å². The maximum atomic E-state index is 13.1. The molecule has 178 valence electrons. The molecule has 0 bridgehead atoms. The zero-order valence-corrected chi connectivity index (χ0v) is 19.5. The molecule has 0 heterocycles.